The van der Waals surface area contributed by atoms with E-state index in [1.807, 2.05) is 0 Å². The van der Waals surface area contributed by atoms with Crippen LogP contribution >= 0.6 is 7.82 Å². The Kier molecular flexibility index (Phi) is 4.41. The summed E-state index contributed by atoms with van der Waals surface area (Å²) in [6.45, 7) is -0.647. The largest absolute Gasteiger partial charge is 0.471 e. The van der Waals surface area contributed by atoms with Gasteiger partial charge in [0.25, 0.3) is 0 Å². The van der Waals surface area contributed by atoms with Gasteiger partial charge < -0.3 is 35.6 Å². The molecule has 7 N–H and O–H groups in total. The van der Waals surface area contributed by atoms with E-state index in [1.165, 1.54) is 0 Å². The summed E-state index contributed by atoms with van der Waals surface area (Å²) in [5.74, 6) is 0. The second kappa shape index (κ2) is 5.05. The number of hydrogen-bond donors (Lipinski definition) is 6. The molecule has 0 aliphatic carbocycles. The van der Waals surface area contributed by atoms with Gasteiger partial charge in [-0.15, -0.1) is 0 Å². The fourth-order valence-corrected chi connectivity index (χ4v) is 1.79. The van der Waals surface area contributed by atoms with E-state index < -0.39 is 45.1 Å². The Labute approximate surface area is 90.6 Å². The Balaban J connectivity index is 2.75. The molecule has 0 aromatic rings. The zero-order valence-electron chi connectivity index (χ0n) is 8.08. The Morgan fingerprint density at radius 1 is 1.31 bits per heavy atom. The minimum absolute atomic E-state index is 0.647. The van der Waals surface area contributed by atoms with Gasteiger partial charge in [0.15, 0.2) is 6.29 Å². The Hall–Kier alpha value is -0.0900. The number of ether oxygens (including phenoxy) is 1. The van der Waals surface area contributed by atoms with Crippen LogP contribution in [0.25, 0.3) is 0 Å². The highest BCUT2D eigenvalue weighted by Crippen LogP contribution is 2.40. The fourth-order valence-electron chi connectivity index (χ4n) is 1.33. The molecule has 0 radical (unpaired) electrons. The van der Waals surface area contributed by atoms with Gasteiger partial charge in [-0.3, -0.25) is 4.52 Å². The van der Waals surface area contributed by atoms with Crippen molar-refractivity contribution in [2.24, 2.45) is 5.73 Å². The monoisotopic (exact) mass is 259 g/mol. The number of rotatable bonds is 3. The summed E-state index contributed by atoms with van der Waals surface area (Å²) in [5, 5.41) is 27.6. The van der Waals surface area contributed by atoms with E-state index in [4.69, 9.17) is 25.4 Å². The lowest BCUT2D eigenvalue weighted by atomic mass is 9.98. The second-order valence-corrected chi connectivity index (χ2v) is 4.57. The highest BCUT2D eigenvalue weighted by Gasteiger charge is 2.45. The van der Waals surface area contributed by atoms with Gasteiger partial charge in [0.2, 0.25) is 0 Å². The number of phosphoric ester groups is 1. The molecule has 10 heteroatoms. The van der Waals surface area contributed by atoms with Crippen LogP contribution in [0.5, 0.6) is 0 Å². The molecule has 1 aliphatic rings. The molecule has 1 aliphatic heterocycles. The molecule has 1 saturated heterocycles. The lowest BCUT2D eigenvalue weighted by Crippen LogP contribution is -2.62. The summed E-state index contributed by atoms with van der Waals surface area (Å²) in [5.41, 5.74) is 5.35. The number of nitrogens with two attached hydrogens (primary N) is 1. The van der Waals surface area contributed by atoms with E-state index in [0.29, 0.717) is 0 Å². The minimum Gasteiger partial charge on any atom is -0.394 e. The molecule has 0 saturated carbocycles. The van der Waals surface area contributed by atoms with Crippen LogP contribution in [0.3, 0.4) is 0 Å². The molecule has 1 rings (SSSR count). The number of phosphoric acid groups is 1. The third-order valence-corrected chi connectivity index (χ3v) is 2.65. The number of hydrogen-bond acceptors (Lipinski definition) is 7. The summed E-state index contributed by atoms with van der Waals surface area (Å²) in [6.07, 6.45) is -5.78. The molecule has 9 nitrogen and oxygen atoms in total. The van der Waals surface area contributed by atoms with E-state index in [0.717, 1.165) is 0 Å². The number of aliphatic hydroxyl groups excluding tert-OH is 3. The quantitative estimate of drug-likeness (QED) is 0.287. The summed E-state index contributed by atoms with van der Waals surface area (Å²) in [4.78, 5) is 17.1. The van der Waals surface area contributed by atoms with Gasteiger partial charge in [-0.1, -0.05) is 0 Å². The maximum absolute atomic E-state index is 10.6. The van der Waals surface area contributed by atoms with Crippen molar-refractivity contribution in [3.63, 3.8) is 0 Å². The molecule has 0 amide bonds. The molecule has 16 heavy (non-hydrogen) atoms. The average molecular weight is 259 g/mol. The molecule has 0 aromatic heterocycles. The van der Waals surface area contributed by atoms with Crippen LogP contribution < -0.4 is 5.73 Å². The van der Waals surface area contributed by atoms with Crippen molar-refractivity contribution >= 4 is 7.82 Å². The molecule has 0 unspecified atom stereocenters. The first-order valence-corrected chi connectivity index (χ1v) is 5.91. The summed E-state index contributed by atoms with van der Waals surface area (Å²) in [6, 6.07) is -1.33. The minimum atomic E-state index is -4.83. The van der Waals surface area contributed by atoms with E-state index in [-0.39, 0.29) is 0 Å². The highest BCUT2D eigenvalue weighted by molar-refractivity contribution is 7.46. The summed E-state index contributed by atoms with van der Waals surface area (Å²) >= 11 is 0. The van der Waals surface area contributed by atoms with Gasteiger partial charge >= 0.3 is 7.82 Å². The van der Waals surface area contributed by atoms with Crippen LogP contribution in [-0.4, -0.2) is 62.4 Å². The molecule has 0 spiro atoms. The third-order valence-electron chi connectivity index (χ3n) is 2.17. The van der Waals surface area contributed by atoms with Crippen LogP contribution in [0.4, 0.5) is 0 Å². The zero-order valence-corrected chi connectivity index (χ0v) is 8.97. The maximum atomic E-state index is 10.6. The van der Waals surface area contributed by atoms with Gasteiger partial charge in [-0.2, -0.15) is 0 Å². The average Bonchev–Trinajstić information content (AvgIpc) is 2.17. The van der Waals surface area contributed by atoms with Crippen molar-refractivity contribution in [2.75, 3.05) is 6.61 Å². The first-order chi connectivity index (χ1) is 7.26. The van der Waals surface area contributed by atoms with Crippen LogP contribution in [-0.2, 0) is 13.8 Å². The summed E-state index contributed by atoms with van der Waals surface area (Å²) in [7, 11) is -4.83. The Morgan fingerprint density at radius 3 is 2.31 bits per heavy atom. The molecular formula is C6H14NO8P. The Morgan fingerprint density at radius 2 is 1.88 bits per heavy atom. The highest BCUT2D eigenvalue weighted by atomic mass is 31.2. The lowest BCUT2D eigenvalue weighted by molar-refractivity contribution is -0.242. The zero-order chi connectivity index (χ0) is 12.5. The van der Waals surface area contributed by atoms with Gasteiger partial charge in [0.05, 0.1) is 12.6 Å². The van der Waals surface area contributed by atoms with Gasteiger partial charge in [-0.05, 0) is 0 Å². The predicted molar refractivity (Wildman–Crippen MR) is 48.9 cm³/mol. The maximum Gasteiger partial charge on any atom is 0.471 e. The molecule has 96 valence electrons. The van der Waals surface area contributed by atoms with Crippen LogP contribution in [0.2, 0.25) is 0 Å². The predicted octanol–water partition coefficient (Wildman–Crippen LogP) is -3.14. The van der Waals surface area contributed by atoms with Gasteiger partial charge in [0, 0.05) is 0 Å². The SMILES string of the molecule is N[C@H]1[C@H](OP(=O)(O)O)O[C@H](CO)[C@@H](O)[C@@H]1O. The first-order valence-electron chi connectivity index (χ1n) is 4.38. The summed E-state index contributed by atoms with van der Waals surface area (Å²) < 4.78 is 19.5. The van der Waals surface area contributed by atoms with Crippen molar-refractivity contribution < 1.29 is 38.9 Å². The first kappa shape index (κ1) is 14.0. The van der Waals surface area contributed by atoms with Gasteiger partial charge in [-0.25, -0.2) is 4.57 Å². The van der Waals surface area contributed by atoms with E-state index >= 15 is 0 Å². The molecule has 0 bridgehead atoms. The third kappa shape index (κ3) is 3.20. The van der Waals surface area contributed by atoms with E-state index in [1.54, 1.807) is 0 Å². The van der Waals surface area contributed by atoms with Crippen LogP contribution in [0, 0.1) is 0 Å². The van der Waals surface area contributed by atoms with E-state index in [9.17, 15) is 14.8 Å². The Bertz CT molecular complexity index is 280. The van der Waals surface area contributed by atoms with Crippen molar-refractivity contribution in [3.05, 3.63) is 0 Å². The molecule has 1 fully saturated rings. The molecular weight excluding hydrogens is 245 g/mol. The van der Waals surface area contributed by atoms with E-state index in [2.05, 4.69) is 4.52 Å². The van der Waals surface area contributed by atoms with Crippen LogP contribution in [0.1, 0.15) is 0 Å². The topological polar surface area (TPSA) is 163 Å². The van der Waals surface area contributed by atoms with Crippen molar-refractivity contribution in [1.82, 2.24) is 0 Å². The molecule has 1 heterocycles. The lowest BCUT2D eigenvalue weighted by Gasteiger charge is -2.40. The second-order valence-electron chi connectivity index (χ2n) is 3.38. The van der Waals surface area contributed by atoms with Crippen LogP contribution in [0.15, 0.2) is 0 Å². The van der Waals surface area contributed by atoms with Gasteiger partial charge in [0.1, 0.15) is 18.3 Å². The molecule has 0 aromatic carbocycles. The smallest absolute Gasteiger partial charge is 0.394 e. The van der Waals surface area contributed by atoms with Crippen molar-refractivity contribution in [1.29, 1.82) is 0 Å². The normalized spacial score (nSPS) is 41.0. The molecule has 5 atom stereocenters. The number of aliphatic hydroxyl groups is 3. The fraction of sp³-hybridized carbons (Fsp3) is 1.00. The van der Waals surface area contributed by atoms with Crippen molar-refractivity contribution in [3.8, 4) is 0 Å². The standard InChI is InChI=1S/C6H14NO8P/c7-3-5(10)4(9)2(1-8)14-6(3)15-16(11,12)13/h2-6,8-10H,1,7H2,(H2,11,12,13)/t2-,3-,4-,5-,6+/m1/s1. The van der Waals surface area contributed by atoms with Crippen molar-refractivity contribution in [2.45, 2.75) is 30.6 Å².